The van der Waals surface area contributed by atoms with Gasteiger partial charge in [0.05, 0.1) is 12.2 Å². The van der Waals surface area contributed by atoms with Gasteiger partial charge in [-0.3, -0.25) is 9.59 Å². The maximum absolute atomic E-state index is 11.6. The number of rotatable bonds is 4. The number of hydrogen-bond acceptors (Lipinski definition) is 4. The summed E-state index contributed by atoms with van der Waals surface area (Å²) in [6.45, 7) is 5.14. The molecule has 0 aromatic carbocycles. The van der Waals surface area contributed by atoms with Gasteiger partial charge in [-0.05, 0) is 20.3 Å². The average Bonchev–Trinajstić information content (AvgIpc) is 2.16. The molecule has 0 saturated heterocycles. The van der Waals surface area contributed by atoms with Gasteiger partial charge >= 0.3 is 0 Å². The Labute approximate surface area is 94.7 Å². The molecule has 0 amide bonds. The molecule has 4 nitrogen and oxygen atoms in total. The van der Waals surface area contributed by atoms with E-state index >= 15 is 0 Å². The van der Waals surface area contributed by atoms with Crippen LogP contribution in [0.1, 0.15) is 33.6 Å². The van der Waals surface area contributed by atoms with Crippen LogP contribution in [0.2, 0.25) is 0 Å². The molecule has 0 spiro atoms. The van der Waals surface area contributed by atoms with Crippen LogP contribution in [0.25, 0.3) is 0 Å². The average molecular weight is 224 g/mol. The molecule has 1 aliphatic rings. The minimum Gasteiger partial charge on any atom is -0.370 e. The van der Waals surface area contributed by atoms with E-state index < -0.39 is 11.6 Å². The molecule has 0 aromatic heterocycles. The van der Waals surface area contributed by atoms with Crippen LogP contribution < -0.4 is 0 Å². The fraction of sp³-hybridized carbons (Fsp3) is 0.583. The monoisotopic (exact) mass is 224 g/mol. The molecule has 0 atom stereocenters. The highest BCUT2D eigenvalue weighted by atomic mass is 16.5. The Bertz CT molecular complexity index is 363. The first-order valence-corrected chi connectivity index (χ1v) is 5.21. The Morgan fingerprint density at radius 3 is 2.56 bits per heavy atom. The van der Waals surface area contributed by atoms with Gasteiger partial charge in [0, 0.05) is 18.9 Å². The largest absolute Gasteiger partial charge is 0.370 e. The number of carbonyl (C=O) groups excluding carboxylic acids is 3. The Balaban J connectivity index is 3.04. The zero-order valence-corrected chi connectivity index (χ0v) is 9.83. The van der Waals surface area contributed by atoms with Gasteiger partial charge in [0.2, 0.25) is 5.78 Å². The molecular formula is C12H16O4. The van der Waals surface area contributed by atoms with Crippen molar-refractivity contribution in [2.45, 2.75) is 39.2 Å². The van der Waals surface area contributed by atoms with Crippen LogP contribution in [0.4, 0.5) is 0 Å². The minimum atomic E-state index is -0.535. The number of aldehydes is 1. The predicted octanol–water partition coefficient (Wildman–Crippen LogP) is 1.23. The predicted molar refractivity (Wildman–Crippen MR) is 58.0 cm³/mol. The lowest BCUT2D eigenvalue weighted by molar-refractivity contribution is -0.134. The molecule has 0 unspecified atom stereocenters. The van der Waals surface area contributed by atoms with Gasteiger partial charge in [-0.2, -0.15) is 0 Å². The van der Waals surface area contributed by atoms with Gasteiger partial charge < -0.3 is 9.53 Å². The van der Waals surface area contributed by atoms with Gasteiger partial charge in [-0.1, -0.05) is 5.57 Å². The van der Waals surface area contributed by atoms with Crippen LogP contribution >= 0.6 is 0 Å². The fourth-order valence-electron chi connectivity index (χ4n) is 1.78. The zero-order chi connectivity index (χ0) is 12.3. The third kappa shape index (κ3) is 2.85. The Morgan fingerprint density at radius 2 is 2.06 bits per heavy atom. The Morgan fingerprint density at radius 1 is 1.44 bits per heavy atom. The number of carbonyl (C=O) groups is 3. The molecular weight excluding hydrogens is 208 g/mol. The highest BCUT2D eigenvalue weighted by molar-refractivity contribution is 6.43. The van der Waals surface area contributed by atoms with E-state index in [1.807, 2.05) is 13.8 Å². The van der Waals surface area contributed by atoms with Crippen molar-refractivity contribution in [3.8, 4) is 0 Å². The quantitative estimate of drug-likeness (QED) is 0.532. The molecule has 0 radical (unpaired) electrons. The highest BCUT2D eigenvalue weighted by Crippen LogP contribution is 2.30. The lowest BCUT2D eigenvalue weighted by Gasteiger charge is -2.32. The topological polar surface area (TPSA) is 60.4 Å². The zero-order valence-electron chi connectivity index (χ0n) is 9.83. The van der Waals surface area contributed by atoms with E-state index in [2.05, 4.69) is 0 Å². The molecule has 16 heavy (non-hydrogen) atoms. The normalized spacial score (nSPS) is 19.4. The lowest BCUT2D eigenvalue weighted by Crippen LogP contribution is -2.34. The summed E-state index contributed by atoms with van der Waals surface area (Å²) in [5.41, 5.74) is 0.712. The third-order valence-electron chi connectivity index (χ3n) is 2.60. The van der Waals surface area contributed by atoms with Crippen molar-refractivity contribution < 1.29 is 19.1 Å². The van der Waals surface area contributed by atoms with E-state index in [9.17, 15) is 14.4 Å². The van der Waals surface area contributed by atoms with E-state index in [0.717, 1.165) is 11.9 Å². The second-order valence-electron chi connectivity index (χ2n) is 4.56. The summed E-state index contributed by atoms with van der Waals surface area (Å²) < 4.78 is 5.48. The summed E-state index contributed by atoms with van der Waals surface area (Å²) in [5.74, 6) is -1.05. The molecule has 0 bridgehead atoms. The standard InChI is InChI=1S/C12H16O4/c1-8(14)11(15)10-7-16-12(2,3)6-9(10)4-5-13/h5H,4,6-7H2,1-3H3. The smallest absolute Gasteiger partial charge is 0.226 e. The van der Waals surface area contributed by atoms with E-state index in [1.165, 1.54) is 6.92 Å². The molecule has 1 aliphatic heterocycles. The van der Waals surface area contributed by atoms with Crippen LogP contribution in [-0.4, -0.2) is 30.1 Å². The molecule has 0 N–H and O–H groups in total. The molecule has 1 heterocycles. The second-order valence-corrected chi connectivity index (χ2v) is 4.56. The molecule has 88 valence electrons. The molecule has 1 rings (SSSR count). The first-order chi connectivity index (χ1) is 7.37. The Hall–Kier alpha value is -1.29. The lowest BCUT2D eigenvalue weighted by atomic mass is 9.88. The van der Waals surface area contributed by atoms with Crippen molar-refractivity contribution in [1.82, 2.24) is 0 Å². The maximum atomic E-state index is 11.6. The van der Waals surface area contributed by atoms with Crippen LogP contribution in [0, 0.1) is 0 Å². The van der Waals surface area contributed by atoms with Crippen molar-refractivity contribution in [1.29, 1.82) is 0 Å². The molecule has 0 aliphatic carbocycles. The summed E-state index contributed by atoms with van der Waals surface area (Å²) in [4.78, 5) is 33.2. The van der Waals surface area contributed by atoms with Crippen molar-refractivity contribution >= 4 is 17.9 Å². The summed E-state index contributed by atoms with van der Waals surface area (Å²) in [6, 6.07) is 0. The third-order valence-corrected chi connectivity index (χ3v) is 2.60. The van der Waals surface area contributed by atoms with Crippen molar-refractivity contribution in [3.63, 3.8) is 0 Å². The molecule has 0 aromatic rings. The minimum absolute atomic E-state index is 0.120. The van der Waals surface area contributed by atoms with Crippen LogP contribution in [0.5, 0.6) is 0 Å². The second kappa shape index (κ2) is 4.70. The number of ether oxygens (including phenoxy) is 1. The van der Waals surface area contributed by atoms with Gasteiger partial charge in [0.15, 0.2) is 5.78 Å². The summed E-state index contributed by atoms with van der Waals surface area (Å²) >= 11 is 0. The molecule has 0 fully saturated rings. The number of Topliss-reactive ketones (excluding diaryl/α,β-unsaturated/α-hetero) is 2. The highest BCUT2D eigenvalue weighted by Gasteiger charge is 2.31. The fourth-order valence-corrected chi connectivity index (χ4v) is 1.78. The van der Waals surface area contributed by atoms with E-state index in [-0.39, 0.29) is 18.6 Å². The van der Waals surface area contributed by atoms with Crippen molar-refractivity contribution in [2.24, 2.45) is 0 Å². The summed E-state index contributed by atoms with van der Waals surface area (Å²) in [5, 5.41) is 0. The molecule has 0 saturated carbocycles. The van der Waals surface area contributed by atoms with Crippen LogP contribution in [0.3, 0.4) is 0 Å². The van der Waals surface area contributed by atoms with Crippen LogP contribution in [0.15, 0.2) is 11.1 Å². The number of ketones is 2. The maximum Gasteiger partial charge on any atom is 0.226 e. The first kappa shape index (κ1) is 12.8. The Kier molecular flexibility index (Phi) is 3.75. The SMILES string of the molecule is CC(=O)C(=O)C1=C(CC=O)CC(C)(C)OC1. The van der Waals surface area contributed by atoms with Crippen LogP contribution in [-0.2, 0) is 19.1 Å². The number of hydrogen-bond donors (Lipinski definition) is 0. The summed E-state index contributed by atoms with van der Waals surface area (Å²) in [6.07, 6.45) is 1.46. The van der Waals surface area contributed by atoms with E-state index in [0.29, 0.717) is 12.0 Å². The first-order valence-electron chi connectivity index (χ1n) is 5.21. The van der Waals surface area contributed by atoms with E-state index in [4.69, 9.17) is 4.74 Å². The van der Waals surface area contributed by atoms with Gasteiger partial charge in [0.25, 0.3) is 0 Å². The van der Waals surface area contributed by atoms with E-state index in [1.54, 1.807) is 0 Å². The van der Waals surface area contributed by atoms with Crippen molar-refractivity contribution in [2.75, 3.05) is 6.61 Å². The van der Waals surface area contributed by atoms with Gasteiger partial charge in [-0.25, -0.2) is 0 Å². The molecule has 4 heteroatoms. The van der Waals surface area contributed by atoms with Gasteiger partial charge in [0.1, 0.15) is 6.29 Å². The summed E-state index contributed by atoms with van der Waals surface area (Å²) in [7, 11) is 0. The van der Waals surface area contributed by atoms with Crippen molar-refractivity contribution in [3.05, 3.63) is 11.1 Å². The van der Waals surface area contributed by atoms with Gasteiger partial charge in [-0.15, -0.1) is 0 Å².